The summed E-state index contributed by atoms with van der Waals surface area (Å²) in [5.74, 6) is 0.477. The monoisotopic (exact) mass is 1170 g/mol. The van der Waals surface area contributed by atoms with Gasteiger partial charge in [0, 0.05) is 74.6 Å². The van der Waals surface area contributed by atoms with Gasteiger partial charge in [-0.1, -0.05) is 38.1 Å². The lowest BCUT2D eigenvalue weighted by molar-refractivity contribution is -0.121. The van der Waals surface area contributed by atoms with Gasteiger partial charge in [0.1, 0.15) is 23.6 Å². The number of nitrogens with one attached hydrogen (secondary N) is 1. The first-order valence-corrected chi connectivity index (χ1v) is 29.1. The van der Waals surface area contributed by atoms with Crippen molar-refractivity contribution >= 4 is 35.4 Å². The van der Waals surface area contributed by atoms with Crippen LogP contribution in [0.1, 0.15) is 108 Å². The summed E-state index contributed by atoms with van der Waals surface area (Å²) in [7, 11) is 1.64. The number of nitrogens with zero attached hydrogens (tertiary/aromatic N) is 6. The first-order chi connectivity index (χ1) is 40.1. The summed E-state index contributed by atoms with van der Waals surface area (Å²) in [5, 5.41) is 2.85. The predicted molar refractivity (Wildman–Crippen MR) is 319 cm³/mol. The molecule has 2 aliphatic heterocycles. The number of benzene rings is 2. The number of aromatic nitrogens is 2. The van der Waals surface area contributed by atoms with Crippen molar-refractivity contribution in [1.29, 1.82) is 0 Å². The van der Waals surface area contributed by atoms with Crippen molar-refractivity contribution in [2.75, 3.05) is 143 Å². The van der Waals surface area contributed by atoms with Crippen LogP contribution in [0.15, 0.2) is 85.3 Å². The fraction of sp³-hybridized carbons (Fsp3) is 0.587. The van der Waals surface area contributed by atoms with Gasteiger partial charge in [-0.15, -0.1) is 0 Å². The van der Waals surface area contributed by atoms with E-state index >= 15 is 0 Å². The van der Waals surface area contributed by atoms with E-state index in [9.17, 15) is 19.2 Å². The molecule has 4 heterocycles. The number of hydrogen-bond donors (Lipinski definition) is 1. The molecule has 0 unspecified atom stereocenters. The Morgan fingerprint density at radius 1 is 0.726 bits per heavy atom. The summed E-state index contributed by atoms with van der Waals surface area (Å²) in [6.07, 6.45) is 4.92. The van der Waals surface area contributed by atoms with E-state index in [1.807, 2.05) is 96.8 Å². The molecule has 84 heavy (non-hydrogen) atoms. The molecule has 462 valence electrons. The molecule has 0 bridgehead atoms. The van der Waals surface area contributed by atoms with Crippen LogP contribution in [0.2, 0.25) is 0 Å². The van der Waals surface area contributed by atoms with Crippen LogP contribution in [0.5, 0.6) is 5.75 Å². The number of carbonyl (C=O) groups excluding carboxylic acids is 4. The molecule has 0 spiro atoms. The molecule has 2 aromatic carbocycles. The Kier molecular flexibility index (Phi) is 26.1. The van der Waals surface area contributed by atoms with Crippen LogP contribution >= 0.6 is 0 Å². The van der Waals surface area contributed by atoms with E-state index in [4.69, 9.17) is 52.4 Å². The molecular weight excluding hydrogens is 1080 g/mol. The predicted octanol–water partition coefficient (Wildman–Crippen LogP) is 8.38. The smallest absolute Gasteiger partial charge is 0.410 e. The molecule has 1 saturated heterocycles. The zero-order valence-corrected chi connectivity index (χ0v) is 51.4. The zero-order valence-electron chi connectivity index (χ0n) is 51.4. The highest BCUT2D eigenvalue weighted by Gasteiger charge is 2.42. The van der Waals surface area contributed by atoms with E-state index in [-0.39, 0.29) is 54.6 Å². The van der Waals surface area contributed by atoms with Gasteiger partial charge in [-0.05, 0) is 121 Å². The molecule has 0 saturated carbocycles. The molecular formula is C63H91N7O14. The largest absolute Gasteiger partial charge is 0.491 e. The average Bonchev–Trinajstić information content (AvgIpc) is 2.17. The summed E-state index contributed by atoms with van der Waals surface area (Å²) >= 11 is 0. The Morgan fingerprint density at radius 2 is 1.31 bits per heavy atom. The van der Waals surface area contributed by atoms with E-state index in [1.54, 1.807) is 53.6 Å². The normalized spacial score (nSPS) is 16.5. The zero-order chi connectivity index (χ0) is 60.7. The van der Waals surface area contributed by atoms with Gasteiger partial charge in [-0.2, -0.15) is 0 Å². The maximum absolute atomic E-state index is 14.2. The summed E-state index contributed by atoms with van der Waals surface area (Å²) in [4.78, 5) is 69.5. The molecule has 0 aliphatic carbocycles. The number of ether oxygens (including phenoxy) is 10. The minimum absolute atomic E-state index is 0.0166. The topological polar surface area (TPSA) is 211 Å². The highest BCUT2D eigenvalue weighted by Crippen LogP contribution is 2.40. The third kappa shape index (κ3) is 22.0. The number of methoxy groups -OCH3 is 1. The minimum atomic E-state index is -0.678. The Morgan fingerprint density at radius 3 is 1.89 bits per heavy atom. The highest BCUT2D eigenvalue weighted by atomic mass is 16.6. The van der Waals surface area contributed by atoms with Crippen LogP contribution in [0.25, 0.3) is 0 Å². The highest BCUT2D eigenvalue weighted by molar-refractivity contribution is 6.04. The van der Waals surface area contributed by atoms with Gasteiger partial charge in [0.15, 0.2) is 0 Å². The second kappa shape index (κ2) is 32.8. The summed E-state index contributed by atoms with van der Waals surface area (Å²) in [5.41, 5.74) is 4.14. The number of rotatable bonds is 32. The van der Waals surface area contributed by atoms with E-state index in [0.29, 0.717) is 130 Å². The van der Waals surface area contributed by atoms with Crippen molar-refractivity contribution < 1.29 is 66.5 Å². The average molecular weight is 1170 g/mol. The van der Waals surface area contributed by atoms with E-state index < -0.39 is 17.3 Å². The van der Waals surface area contributed by atoms with Gasteiger partial charge in [-0.25, -0.2) is 9.59 Å². The Bertz CT molecular complexity index is 2670. The maximum atomic E-state index is 14.2. The van der Waals surface area contributed by atoms with Gasteiger partial charge < -0.3 is 62.5 Å². The van der Waals surface area contributed by atoms with Gasteiger partial charge >= 0.3 is 12.2 Å². The molecule has 6 rings (SSSR count). The van der Waals surface area contributed by atoms with Crippen molar-refractivity contribution in [2.24, 2.45) is 0 Å². The van der Waals surface area contributed by atoms with Gasteiger partial charge in [0.25, 0.3) is 5.91 Å². The number of hydrogen-bond acceptors (Lipinski definition) is 17. The van der Waals surface area contributed by atoms with Gasteiger partial charge in [0.05, 0.1) is 116 Å². The van der Waals surface area contributed by atoms with E-state index in [1.165, 1.54) is 0 Å². The van der Waals surface area contributed by atoms with Crippen LogP contribution in [0.4, 0.5) is 21.0 Å². The molecule has 0 radical (unpaired) electrons. The van der Waals surface area contributed by atoms with Gasteiger partial charge in [0.2, 0.25) is 5.91 Å². The molecule has 2 aromatic heterocycles. The third-order valence-electron chi connectivity index (χ3n) is 13.8. The standard InChI is InChI=1S/C63H91N7O14/c1-46-41-67(53(44-75-11)42-69(46)60(74)84-62(6,7)8)43-56(71)70-45-63(9,10)57-55(70)39-49(40-65-57)37-48-13-12-14-54(38-48)82-36-35-81-34-33-80-32-31-79-30-29-78-28-27-77-26-25-76-24-23-68(59(73)83-61(3,4)5)47(2)50-15-17-51(18-16-50)58(72)66-52-19-21-64-22-20-52/h12-22,38-40,46-47,53H,23-37,41-45H2,1-11H3,(H,64,66,72)/t46-,47+,53-/m1/s1. The van der Waals surface area contributed by atoms with Crippen molar-refractivity contribution in [3.63, 3.8) is 0 Å². The van der Waals surface area contributed by atoms with Crippen LogP contribution < -0.4 is 15.0 Å². The fourth-order valence-corrected chi connectivity index (χ4v) is 9.64. The number of anilines is 2. The van der Waals surface area contributed by atoms with Gasteiger partial charge in [-0.3, -0.25) is 29.4 Å². The molecule has 21 heteroatoms. The Balaban J connectivity index is 0.783. The lowest BCUT2D eigenvalue weighted by Gasteiger charge is -2.45. The number of amides is 4. The van der Waals surface area contributed by atoms with Crippen LogP contribution in [-0.2, 0) is 59.3 Å². The van der Waals surface area contributed by atoms with Crippen molar-refractivity contribution in [2.45, 2.75) is 110 Å². The number of pyridine rings is 2. The molecule has 1 fully saturated rings. The second-order valence-corrected chi connectivity index (χ2v) is 23.6. The molecule has 4 aromatic rings. The van der Waals surface area contributed by atoms with E-state index in [2.05, 4.69) is 41.2 Å². The number of fused-ring (bicyclic) bond motifs is 1. The van der Waals surface area contributed by atoms with Crippen molar-refractivity contribution in [3.8, 4) is 5.75 Å². The minimum Gasteiger partial charge on any atom is -0.491 e. The van der Waals surface area contributed by atoms with Crippen LogP contribution in [0.3, 0.4) is 0 Å². The summed E-state index contributed by atoms with van der Waals surface area (Å²) in [6.45, 7) is 26.6. The molecule has 21 nitrogen and oxygen atoms in total. The fourth-order valence-electron chi connectivity index (χ4n) is 9.64. The Labute approximate surface area is 496 Å². The molecule has 3 atom stereocenters. The first-order valence-electron chi connectivity index (χ1n) is 29.1. The maximum Gasteiger partial charge on any atom is 0.410 e. The lowest BCUT2D eigenvalue weighted by Crippen LogP contribution is -2.62. The first kappa shape index (κ1) is 66.8. The van der Waals surface area contributed by atoms with Crippen LogP contribution in [0, 0.1) is 0 Å². The van der Waals surface area contributed by atoms with Crippen LogP contribution in [-0.4, -0.2) is 204 Å². The molecule has 2 aliphatic rings. The van der Waals surface area contributed by atoms with Crippen molar-refractivity contribution in [1.82, 2.24) is 24.7 Å². The number of carbonyl (C=O) groups is 4. The number of piperazine rings is 1. The van der Waals surface area contributed by atoms with E-state index in [0.717, 1.165) is 33.8 Å². The quantitative estimate of drug-likeness (QED) is 0.0455. The van der Waals surface area contributed by atoms with Crippen molar-refractivity contribution in [3.05, 3.63) is 113 Å². The third-order valence-corrected chi connectivity index (χ3v) is 13.8. The second-order valence-electron chi connectivity index (χ2n) is 23.6. The summed E-state index contributed by atoms with van der Waals surface area (Å²) < 4.78 is 57.1. The SMILES string of the molecule is COC[C@H]1CN(C(=O)OC(C)(C)C)[C@H](C)CN1CC(=O)N1CC(C)(C)c2ncc(Cc3cccc(OCCOCCOCCOCCOCCOCCOCCN(C(=O)OC(C)(C)C)[C@@H](C)c4ccc(C(=O)Nc5ccncc5)cc4)c3)cc21. The molecule has 1 N–H and O–H groups in total. The molecule has 4 amide bonds. The summed E-state index contributed by atoms with van der Waals surface area (Å²) in [6, 6.07) is 20.0. The lowest BCUT2D eigenvalue weighted by atomic mass is 9.91. The Hall–Kier alpha value is -6.30.